The van der Waals surface area contributed by atoms with E-state index in [-0.39, 0.29) is 12.4 Å². The molecule has 3 heterocycles. The van der Waals surface area contributed by atoms with Crippen molar-refractivity contribution >= 4 is 39.9 Å². The Kier molecular flexibility index (Phi) is 4.40. The van der Waals surface area contributed by atoms with Crippen LogP contribution in [0.15, 0.2) is 22.8 Å². The number of nitrogens with zero attached hydrogens (tertiary/aromatic N) is 1. The van der Waals surface area contributed by atoms with Gasteiger partial charge in [-0.3, -0.25) is 4.79 Å². The zero-order valence-electron chi connectivity index (χ0n) is 13.6. The maximum absolute atomic E-state index is 12.1. The summed E-state index contributed by atoms with van der Waals surface area (Å²) in [5.41, 5.74) is 8.95. The number of hydrogen-bond acceptors (Lipinski definition) is 4. The second-order valence-electron chi connectivity index (χ2n) is 6.32. The molecular formula is C18H19ClN2O2S. The first-order valence-corrected chi connectivity index (χ1v) is 8.66. The molecule has 1 atom stereocenters. The van der Waals surface area contributed by atoms with Gasteiger partial charge in [0, 0.05) is 15.8 Å². The Morgan fingerprint density at radius 1 is 1.46 bits per heavy atom. The number of carbonyl (C=O) groups excluding carboxylic acids is 1. The van der Waals surface area contributed by atoms with Crippen molar-refractivity contribution in [2.24, 2.45) is 11.7 Å². The van der Waals surface area contributed by atoms with E-state index in [0.29, 0.717) is 22.9 Å². The quantitative estimate of drug-likeness (QED) is 0.729. The van der Waals surface area contributed by atoms with Crippen LogP contribution in [0.25, 0.3) is 21.5 Å². The molecule has 126 valence electrons. The van der Waals surface area contributed by atoms with Crippen LogP contribution in [0.5, 0.6) is 0 Å². The van der Waals surface area contributed by atoms with Gasteiger partial charge in [-0.1, -0.05) is 6.92 Å². The molecule has 0 aromatic carbocycles. The van der Waals surface area contributed by atoms with E-state index < -0.39 is 5.91 Å². The number of halogens is 1. The Morgan fingerprint density at radius 2 is 2.25 bits per heavy atom. The maximum Gasteiger partial charge on any atom is 0.251 e. The summed E-state index contributed by atoms with van der Waals surface area (Å²) in [7, 11) is 0. The van der Waals surface area contributed by atoms with Crippen LogP contribution in [0.2, 0.25) is 0 Å². The summed E-state index contributed by atoms with van der Waals surface area (Å²) in [6.45, 7) is 4.13. The second-order valence-corrected chi connectivity index (χ2v) is 7.40. The van der Waals surface area contributed by atoms with E-state index in [1.165, 1.54) is 10.4 Å². The number of fused-ring (bicyclic) bond motifs is 3. The molecule has 0 saturated carbocycles. The highest BCUT2D eigenvalue weighted by Crippen LogP contribution is 2.43. The number of thiophene rings is 1. The molecule has 0 saturated heterocycles. The average Bonchev–Trinajstić information content (AvgIpc) is 3.11. The number of furan rings is 1. The van der Waals surface area contributed by atoms with Crippen LogP contribution in [-0.4, -0.2) is 10.9 Å². The standard InChI is InChI=1S/C18H18N2O2S.ClH/c1-9-5-6-11-13(8-9)23-18-15(11)16(12-4-3-7-22-12)14(17(19)21)10(2)20-18;/h3-4,7,9H,5-6,8H2,1-2H3,(H2,19,21);1H. The molecule has 4 rings (SSSR count). The number of primary amides is 1. The van der Waals surface area contributed by atoms with Gasteiger partial charge in [0.25, 0.3) is 5.91 Å². The first kappa shape index (κ1) is 17.0. The van der Waals surface area contributed by atoms with E-state index in [1.807, 2.05) is 19.1 Å². The van der Waals surface area contributed by atoms with Crippen molar-refractivity contribution < 1.29 is 9.21 Å². The molecule has 1 aliphatic carbocycles. The molecule has 0 fully saturated rings. The molecule has 0 aliphatic heterocycles. The first-order valence-electron chi connectivity index (χ1n) is 7.84. The summed E-state index contributed by atoms with van der Waals surface area (Å²) in [4.78, 5) is 19.1. The average molecular weight is 363 g/mol. The highest BCUT2D eigenvalue weighted by Gasteiger charge is 2.27. The van der Waals surface area contributed by atoms with Crippen molar-refractivity contribution in [1.29, 1.82) is 0 Å². The molecule has 1 amide bonds. The molecule has 3 aromatic rings. The molecule has 0 radical (unpaired) electrons. The Hall–Kier alpha value is -1.85. The van der Waals surface area contributed by atoms with E-state index in [9.17, 15) is 4.79 Å². The van der Waals surface area contributed by atoms with Crippen LogP contribution in [-0.2, 0) is 12.8 Å². The molecule has 0 bridgehead atoms. The number of aromatic nitrogens is 1. The lowest BCUT2D eigenvalue weighted by Gasteiger charge is -2.18. The third-order valence-corrected chi connectivity index (χ3v) is 5.79. The van der Waals surface area contributed by atoms with Gasteiger partial charge in [-0.2, -0.15) is 0 Å². The smallest absolute Gasteiger partial charge is 0.251 e. The third kappa shape index (κ3) is 2.52. The normalized spacial score (nSPS) is 16.7. The number of aryl methyl sites for hydroxylation is 2. The van der Waals surface area contributed by atoms with Gasteiger partial charge in [-0.05, 0) is 49.8 Å². The molecule has 1 unspecified atom stereocenters. The van der Waals surface area contributed by atoms with Crippen LogP contribution in [0.3, 0.4) is 0 Å². The summed E-state index contributed by atoms with van der Waals surface area (Å²) in [6.07, 6.45) is 4.89. The molecule has 24 heavy (non-hydrogen) atoms. The van der Waals surface area contributed by atoms with Crippen molar-refractivity contribution in [3.63, 3.8) is 0 Å². The number of rotatable bonds is 2. The second kappa shape index (κ2) is 6.22. The molecule has 1 aliphatic rings. The van der Waals surface area contributed by atoms with Crippen molar-refractivity contribution in [2.45, 2.75) is 33.1 Å². The van der Waals surface area contributed by atoms with Crippen molar-refractivity contribution in [3.05, 3.63) is 40.1 Å². The largest absolute Gasteiger partial charge is 0.464 e. The van der Waals surface area contributed by atoms with E-state index >= 15 is 0 Å². The molecule has 6 heteroatoms. The summed E-state index contributed by atoms with van der Waals surface area (Å²) in [5.74, 6) is 0.931. The minimum Gasteiger partial charge on any atom is -0.464 e. The zero-order chi connectivity index (χ0) is 16.1. The summed E-state index contributed by atoms with van der Waals surface area (Å²) in [6, 6.07) is 3.72. The number of pyridine rings is 1. The van der Waals surface area contributed by atoms with Gasteiger partial charge in [0.05, 0.1) is 17.5 Å². The lowest BCUT2D eigenvalue weighted by molar-refractivity contribution is 0.1000. The summed E-state index contributed by atoms with van der Waals surface area (Å²) in [5, 5.41) is 1.06. The Bertz CT molecular complexity index is 915. The fraction of sp³-hybridized carbons (Fsp3) is 0.333. The van der Waals surface area contributed by atoms with E-state index in [4.69, 9.17) is 10.2 Å². The van der Waals surface area contributed by atoms with Crippen LogP contribution in [0.4, 0.5) is 0 Å². The molecule has 3 aromatic heterocycles. The SMILES string of the molecule is Cc1nc2sc3c(c2c(-c2ccco2)c1C(N)=O)CCC(C)C3.Cl. The molecule has 0 spiro atoms. The van der Waals surface area contributed by atoms with Crippen molar-refractivity contribution in [1.82, 2.24) is 4.98 Å². The van der Waals surface area contributed by atoms with Gasteiger partial charge in [-0.25, -0.2) is 4.98 Å². The predicted molar refractivity (Wildman–Crippen MR) is 99.0 cm³/mol. The van der Waals surface area contributed by atoms with E-state index in [0.717, 1.165) is 35.0 Å². The monoisotopic (exact) mass is 362 g/mol. The van der Waals surface area contributed by atoms with Gasteiger partial charge < -0.3 is 10.2 Å². The highest BCUT2D eigenvalue weighted by atomic mass is 35.5. The molecule has 4 nitrogen and oxygen atoms in total. The van der Waals surface area contributed by atoms with Gasteiger partial charge in [0.15, 0.2) is 0 Å². The summed E-state index contributed by atoms with van der Waals surface area (Å²) < 4.78 is 5.62. The highest BCUT2D eigenvalue weighted by molar-refractivity contribution is 7.19. The zero-order valence-corrected chi connectivity index (χ0v) is 15.2. The van der Waals surface area contributed by atoms with Gasteiger partial charge in [0.2, 0.25) is 0 Å². The lowest BCUT2D eigenvalue weighted by atomic mass is 9.87. The minimum atomic E-state index is -0.451. The predicted octanol–water partition coefficient (Wildman–Crippen LogP) is 4.51. The van der Waals surface area contributed by atoms with Gasteiger partial charge in [-0.15, -0.1) is 23.7 Å². The first-order chi connectivity index (χ1) is 11.1. The fourth-order valence-corrected chi connectivity index (χ4v) is 4.99. The van der Waals surface area contributed by atoms with Gasteiger partial charge >= 0.3 is 0 Å². The summed E-state index contributed by atoms with van der Waals surface area (Å²) >= 11 is 1.74. The number of hydrogen-bond donors (Lipinski definition) is 1. The van der Waals surface area contributed by atoms with Crippen LogP contribution < -0.4 is 5.73 Å². The van der Waals surface area contributed by atoms with Gasteiger partial charge in [0.1, 0.15) is 10.6 Å². The lowest BCUT2D eigenvalue weighted by Crippen LogP contribution is -2.16. The number of nitrogens with two attached hydrogens (primary N) is 1. The Labute approximate surface area is 150 Å². The minimum absolute atomic E-state index is 0. The number of carbonyl (C=O) groups is 1. The van der Waals surface area contributed by atoms with Crippen LogP contribution in [0.1, 0.15) is 39.8 Å². The fourth-order valence-electron chi connectivity index (χ4n) is 3.56. The van der Waals surface area contributed by atoms with E-state index in [1.54, 1.807) is 17.6 Å². The molecule has 2 N–H and O–H groups in total. The van der Waals surface area contributed by atoms with E-state index in [2.05, 4.69) is 11.9 Å². The topological polar surface area (TPSA) is 69.1 Å². The number of amides is 1. The van der Waals surface area contributed by atoms with Crippen molar-refractivity contribution in [2.75, 3.05) is 0 Å². The third-order valence-electron chi connectivity index (χ3n) is 4.64. The van der Waals surface area contributed by atoms with Crippen molar-refractivity contribution in [3.8, 4) is 11.3 Å². The maximum atomic E-state index is 12.1. The Morgan fingerprint density at radius 3 is 2.92 bits per heavy atom. The van der Waals surface area contributed by atoms with Crippen LogP contribution >= 0.6 is 23.7 Å². The molecular weight excluding hydrogens is 344 g/mol. The van der Waals surface area contributed by atoms with Crippen LogP contribution in [0, 0.1) is 12.8 Å². The Balaban J connectivity index is 0.00000169.